The van der Waals surface area contributed by atoms with Crippen molar-refractivity contribution in [2.75, 3.05) is 6.61 Å². The topological polar surface area (TPSA) is 50.7 Å². The van der Waals surface area contributed by atoms with Crippen LogP contribution in [-0.4, -0.2) is 18.9 Å². The smallest absolute Gasteiger partial charge is 0.278 e. The lowest BCUT2D eigenvalue weighted by Gasteiger charge is -2.02. The van der Waals surface area contributed by atoms with Gasteiger partial charge in [-0.2, -0.15) is 0 Å². The standard InChI is InChI=1S/C6H3Cl.C3H4N2O2/c7-6-4-2-1-3-5(4)6;6-3-1-7-2-4-5-3/h1-3H;2H,1H2,(H,5,6). The Balaban J connectivity index is 0.000000107. The van der Waals surface area contributed by atoms with Crippen molar-refractivity contribution in [1.82, 2.24) is 5.43 Å². The number of fused-ring (bicyclic) bond motifs is 1. The molecule has 1 aliphatic heterocycles. The van der Waals surface area contributed by atoms with E-state index in [1.807, 2.05) is 18.2 Å². The van der Waals surface area contributed by atoms with E-state index >= 15 is 0 Å². The Morgan fingerprint density at radius 2 is 2.14 bits per heavy atom. The van der Waals surface area contributed by atoms with E-state index < -0.39 is 0 Å². The van der Waals surface area contributed by atoms with E-state index in [1.165, 1.54) is 17.5 Å². The molecule has 1 amide bonds. The number of nitrogens with zero attached hydrogens (tertiary/aromatic N) is 1. The van der Waals surface area contributed by atoms with Gasteiger partial charge in [0.15, 0.2) is 13.0 Å². The van der Waals surface area contributed by atoms with Crippen molar-refractivity contribution in [2.45, 2.75) is 0 Å². The van der Waals surface area contributed by atoms with Crippen molar-refractivity contribution in [1.29, 1.82) is 0 Å². The third-order valence-electron chi connectivity index (χ3n) is 1.76. The number of hydrogen-bond acceptors (Lipinski definition) is 3. The second kappa shape index (κ2) is 3.67. The second-order valence-corrected chi connectivity index (χ2v) is 3.13. The average molecular weight is 211 g/mol. The van der Waals surface area contributed by atoms with Gasteiger partial charge in [0.05, 0.1) is 5.02 Å². The lowest BCUT2D eigenvalue weighted by Crippen LogP contribution is -2.26. The summed E-state index contributed by atoms with van der Waals surface area (Å²) in [7, 11) is 0. The minimum absolute atomic E-state index is 0.0868. The van der Waals surface area contributed by atoms with Crippen LogP contribution in [0.3, 0.4) is 0 Å². The lowest BCUT2D eigenvalue weighted by atomic mass is 10.6. The van der Waals surface area contributed by atoms with Crippen LogP contribution in [0.2, 0.25) is 5.02 Å². The van der Waals surface area contributed by atoms with Gasteiger partial charge in [0.2, 0.25) is 0 Å². The van der Waals surface area contributed by atoms with Crippen LogP contribution in [0.4, 0.5) is 0 Å². The maximum absolute atomic E-state index is 10.1. The third-order valence-corrected chi connectivity index (χ3v) is 2.16. The normalized spacial score (nSPS) is 14.8. The summed E-state index contributed by atoms with van der Waals surface area (Å²) in [6.45, 7) is 0.0868. The van der Waals surface area contributed by atoms with Crippen molar-refractivity contribution in [3.63, 3.8) is 0 Å². The van der Waals surface area contributed by atoms with Crippen LogP contribution in [0.1, 0.15) is 0 Å². The first kappa shape index (κ1) is 9.02. The number of amides is 1. The Kier molecular flexibility index (Phi) is 2.37. The summed E-state index contributed by atoms with van der Waals surface area (Å²) in [5.74, 6) is -0.206. The molecular formula is C9H7ClN2O2. The zero-order valence-electron chi connectivity index (χ0n) is 7.16. The maximum atomic E-state index is 10.1. The summed E-state index contributed by atoms with van der Waals surface area (Å²) in [5, 5.41) is 4.27. The van der Waals surface area contributed by atoms with Crippen LogP contribution in [0.5, 0.6) is 0 Å². The molecule has 0 unspecified atom stereocenters. The molecule has 0 aromatic heterocycles. The molecule has 14 heavy (non-hydrogen) atoms. The van der Waals surface area contributed by atoms with Crippen LogP contribution < -0.4 is 5.43 Å². The fourth-order valence-corrected chi connectivity index (χ4v) is 1.32. The first-order valence-electron chi connectivity index (χ1n) is 4.00. The van der Waals surface area contributed by atoms with E-state index in [0.29, 0.717) is 0 Å². The quantitative estimate of drug-likeness (QED) is 0.715. The molecule has 0 aromatic carbocycles. The molecule has 0 radical (unpaired) electrons. The number of carbonyl (C=O) groups is 1. The summed E-state index contributed by atoms with van der Waals surface area (Å²) in [6.07, 6.45) is 1.20. The molecule has 0 saturated carbocycles. The monoisotopic (exact) mass is 210 g/mol. The fourth-order valence-electron chi connectivity index (χ4n) is 1.04. The van der Waals surface area contributed by atoms with Crippen molar-refractivity contribution in [3.05, 3.63) is 23.2 Å². The van der Waals surface area contributed by atoms with Gasteiger partial charge in [-0.15, -0.1) is 5.10 Å². The molecule has 0 atom stereocenters. The second-order valence-electron chi connectivity index (χ2n) is 2.75. The Bertz CT molecular complexity index is 384. The number of halogens is 1. The van der Waals surface area contributed by atoms with Crippen LogP contribution in [0, 0.1) is 0 Å². The Hall–Kier alpha value is -1.55. The van der Waals surface area contributed by atoms with Crippen LogP contribution in [-0.2, 0) is 9.53 Å². The average Bonchev–Trinajstić information content (AvgIpc) is 2.68. The SMILES string of the molecule is Clc1c2cccc1-2.O=C1COC=NN1. The van der Waals surface area contributed by atoms with Crippen molar-refractivity contribution >= 4 is 23.9 Å². The zero-order valence-corrected chi connectivity index (χ0v) is 7.91. The van der Waals surface area contributed by atoms with E-state index in [0.717, 1.165) is 5.02 Å². The fraction of sp³-hybridized carbons (Fsp3) is 0.111. The number of benzene rings is 1. The van der Waals surface area contributed by atoms with E-state index in [9.17, 15) is 4.79 Å². The summed E-state index contributed by atoms with van der Waals surface area (Å²) < 4.78 is 4.48. The van der Waals surface area contributed by atoms with Gasteiger partial charge in [-0.1, -0.05) is 29.8 Å². The zero-order chi connectivity index (χ0) is 9.97. The number of nitrogens with one attached hydrogen (secondary N) is 1. The summed E-state index contributed by atoms with van der Waals surface area (Å²) in [5.41, 5.74) is 4.66. The molecule has 0 spiro atoms. The number of hydrazone groups is 1. The minimum Gasteiger partial charge on any atom is -0.472 e. The molecule has 1 N–H and O–H groups in total. The lowest BCUT2D eigenvalue weighted by molar-refractivity contribution is -0.124. The first-order valence-corrected chi connectivity index (χ1v) is 4.37. The van der Waals surface area contributed by atoms with Gasteiger partial charge in [-0.3, -0.25) is 4.79 Å². The number of hydrogen-bond donors (Lipinski definition) is 1. The maximum Gasteiger partial charge on any atom is 0.278 e. The van der Waals surface area contributed by atoms with Gasteiger partial charge in [-0.25, -0.2) is 5.43 Å². The molecule has 2 aliphatic carbocycles. The van der Waals surface area contributed by atoms with Crippen molar-refractivity contribution in [3.8, 4) is 11.1 Å². The molecule has 3 aliphatic rings. The molecule has 0 bridgehead atoms. The molecule has 4 nitrogen and oxygen atoms in total. The molecule has 0 fully saturated rings. The van der Waals surface area contributed by atoms with Crippen LogP contribution >= 0.6 is 11.6 Å². The minimum atomic E-state index is -0.206. The highest BCUT2D eigenvalue weighted by Crippen LogP contribution is 2.47. The third kappa shape index (κ3) is 1.85. The van der Waals surface area contributed by atoms with E-state index in [2.05, 4.69) is 15.3 Å². The van der Waals surface area contributed by atoms with E-state index in [1.54, 1.807) is 0 Å². The first-order chi connectivity index (χ1) is 6.79. The number of ether oxygens (including phenoxy) is 1. The summed E-state index contributed by atoms with van der Waals surface area (Å²) >= 11 is 5.61. The highest BCUT2D eigenvalue weighted by molar-refractivity contribution is 6.41. The van der Waals surface area contributed by atoms with Gasteiger partial charge in [0.1, 0.15) is 0 Å². The molecule has 0 saturated heterocycles. The van der Waals surface area contributed by atoms with E-state index in [4.69, 9.17) is 11.6 Å². The van der Waals surface area contributed by atoms with Gasteiger partial charge >= 0.3 is 0 Å². The van der Waals surface area contributed by atoms with Crippen molar-refractivity contribution < 1.29 is 9.53 Å². The Morgan fingerprint density at radius 3 is 2.43 bits per heavy atom. The predicted molar refractivity (Wildman–Crippen MR) is 53.0 cm³/mol. The summed E-state index contributed by atoms with van der Waals surface area (Å²) in [4.78, 5) is 10.1. The highest BCUT2D eigenvalue weighted by Gasteiger charge is 2.19. The molecule has 3 rings (SSSR count). The molecular weight excluding hydrogens is 204 g/mol. The Labute approximate surface area is 85.5 Å². The van der Waals surface area contributed by atoms with Gasteiger partial charge in [0.25, 0.3) is 5.91 Å². The van der Waals surface area contributed by atoms with Gasteiger partial charge in [0, 0.05) is 11.1 Å². The molecule has 5 heteroatoms. The largest absolute Gasteiger partial charge is 0.472 e. The van der Waals surface area contributed by atoms with Gasteiger partial charge in [-0.05, 0) is 0 Å². The number of carbonyl (C=O) groups excluding carboxylic acids is 1. The molecule has 72 valence electrons. The van der Waals surface area contributed by atoms with E-state index in [-0.39, 0.29) is 12.5 Å². The van der Waals surface area contributed by atoms with Gasteiger partial charge < -0.3 is 4.74 Å². The van der Waals surface area contributed by atoms with Crippen LogP contribution in [0.15, 0.2) is 23.3 Å². The van der Waals surface area contributed by atoms with Crippen molar-refractivity contribution in [2.24, 2.45) is 5.10 Å². The highest BCUT2D eigenvalue weighted by atomic mass is 35.5. The Morgan fingerprint density at radius 1 is 1.43 bits per heavy atom. The van der Waals surface area contributed by atoms with Crippen LogP contribution in [0.25, 0.3) is 11.1 Å². The number of rotatable bonds is 0. The molecule has 1 heterocycles. The summed E-state index contributed by atoms with van der Waals surface area (Å²) in [6, 6.07) is 6.06. The predicted octanol–water partition coefficient (Wildman–Crippen LogP) is 1.40. The molecule has 0 aromatic rings.